The third-order valence-corrected chi connectivity index (χ3v) is 8.51. The normalized spacial score (nSPS) is 22.1. The van der Waals surface area contributed by atoms with Gasteiger partial charge in [0.05, 0.1) is 16.9 Å². The van der Waals surface area contributed by atoms with Gasteiger partial charge < -0.3 is 9.64 Å². The molecule has 1 aliphatic heterocycles. The molecule has 1 aromatic carbocycles. The van der Waals surface area contributed by atoms with E-state index in [1.54, 1.807) is 11.0 Å². The number of unbranched alkanes of at least 4 members (excludes halogenated alkanes) is 1. The lowest BCUT2D eigenvalue weighted by Gasteiger charge is -2.36. The number of hydrogen-bond acceptors (Lipinski definition) is 5. The summed E-state index contributed by atoms with van der Waals surface area (Å²) in [5.41, 5.74) is 0.0517. The third kappa shape index (κ3) is 5.80. The molecule has 31 heavy (non-hydrogen) atoms. The molecule has 1 aromatic rings. The minimum absolute atomic E-state index is 0.0111. The van der Waals surface area contributed by atoms with Gasteiger partial charge in [-0.3, -0.25) is 9.59 Å². The Bertz CT molecular complexity index is 895. The average molecular weight is 470 g/mol. The van der Waals surface area contributed by atoms with Crippen LogP contribution in [0.2, 0.25) is 5.02 Å². The fourth-order valence-electron chi connectivity index (χ4n) is 4.76. The lowest BCUT2D eigenvalue weighted by atomic mass is 9.69. The van der Waals surface area contributed by atoms with Gasteiger partial charge in [0.25, 0.3) is 5.91 Å². The molecule has 172 valence electrons. The average Bonchev–Trinajstić information content (AvgIpc) is 3.12. The Hall–Kier alpha value is -1.60. The summed E-state index contributed by atoms with van der Waals surface area (Å²) in [6.45, 7) is 2.14. The summed E-state index contributed by atoms with van der Waals surface area (Å²) in [5.74, 6) is -0.619. The van der Waals surface area contributed by atoms with Crippen molar-refractivity contribution in [1.82, 2.24) is 4.90 Å². The minimum Gasteiger partial charge on any atom is -0.455 e. The van der Waals surface area contributed by atoms with E-state index in [-0.39, 0.29) is 30.1 Å². The van der Waals surface area contributed by atoms with Crippen molar-refractivity contribution in [2.75, 3.05) is 24.7 Å². The molecule has 0 radical (unpaired) electrons. The van der Waals surface area contributed by atoms with Gasteiger partial charge in [0.1, 0.15) is 0 Å². The predicted octanol–water partition coefficient (Wildman–Crippen LogP) is 3.90. The highest BCUT2D eigenvalue weighted by Gasteiger charge is 2.43. The van der Waals surface area contributed by atoms with Crippen molar-refractivity contribution >= 4 is 33.3 Å². The fourth-order valence-corrected chi connectivity index (χ4v) is 6.68. The molecular weight excluding hydrogens is 438 g/mol. The molecular formula is C23H32ClNO5S. The van der Waals surface area contributed by atoms with E-state index in [0.29, 0.717) is 30.8 Å². The van der Waals surface area contributed by atoms with Crippen molar-refractivity contribution < 1.29 is 22.7 Å². The highest BCUT2D eigenvalue weighted by molar-refractivity contribution is 7.91. The molecule has 2 fully saturated rings. The second kappa shape index (κ2) is 10.3. The molecule has 8 heteroatoms. The molecule has 0 N–H and O–H groups in total. The number of carbonyl (C=O) groups excluding carboxylic acids is 2. The summed E-state index contributed by atoms with van der Waals surface area (Å²) < 4.78 is 29.4. The highest BCUT2D eigenvalue weighted by atomic mass is 35.5. The summed E-state index contributed by atoms with van der Waals surface area (Å²) >= 11 is 6.18. The van der Waals surface area contributed by atoms with E-state index in [1.807, 2.05) is 25.1 Å². The number of carbonyl (C=O) groups is 2. The number of nitrogens with zero attached hydrogens (tertiary/aromatic N) is 1. The van der Waals surface area contributed by atoms with Gasteiger partial charge in [-0.2, -0.15) is 0 Å². The van der Waals surface area contributed by atoms with E-state index in [0.717, 1.165) is 37.7 Å². The van der Waals surface area contributed by atoms with Gasteiger partial charge in [-0.25, -0.2) is 8.42 Å². The number of amides is 1. The van der Waals surface area contributed by atoms with E-state index in [4.69, 9.17) is 16.3 Å². The summed E-state index contributed by atoms with van der Waals surface area (Å²) in [4.78, 5) is 27.8. The standard InChI is InChI=1S/C23H32ClNO5S/c1-2-3-13-25(20-10-14-31(28,29)17-20)21(26)16-30-22(27)23(11-5-4-6-12-23)18-8-7-9-19(24)15-18/h7-9,15,20H,2-6,10-14,16-17H2,1H3. The smallest absolute Gasteiger partial charge is 0.317 e. The van der Waals surface area contributed by atoms with Crippen LogP contribution in [0.1, 0.15) is 63.9 Å². The first-order chi connectivity index (χ1) is 14.8. The van der Waals surface area contributed by atoms with E-state index in [1.165, 1.54) is 0 Å². The van der Waals surface area contributed by atoms with Crippen LogP contribution < -0.4 is 0 Å². The second-order valence-corrected chi connectivity index (χ2v) is 11.4. The topological polar surface area (TPSA) is 80.8 Å². The number of hydrogen-bond donors (Lipinski definition) is 0. The molecule has 1 heterocycles. The van der Waals surface area contributed by atoms with E-state index >= 15 is 0 Å². The fraction of sp³-hybridized carbons (Fsp3) is 0.652. The van der Waals surface area contributed by atoms with Gasteiger partial charge in [-0.05, 0) is 43.4 Å². The lowest BCUT2D eigenvalue weighted by molar-refractivity contribution is -0.159. The Kier molecular flexibility index (Phi) is 8.03. The zero-order valence-corrected chi connectivity index (χ0v) is 19.7. The van der Waals surface area contributed by atoms with Crippen LogP contribution in [0, 0.1) is 0 Å². The molecule has 1 saturated heterocycles. The van der Waals surface area contributed by atoms with Gasteiger partial charge in [0, 0.05) is 17.6 Å². The van der Waals surface area contributed by atoms with Crippen LogP contribution in [-0.2, 0) is 29.6 Å². The summed E-state index contributed by atoms with van der Waals surface area (Å²) in [5, 5.41) is 0.569. The van der Waals surface area contributed by atoms with Crippen LogP contribution >= 0.6 is 11.6 Å². The van der Waals surface area contributed by atoms with E-state index < -0.39 is 21.2 Å². The van der Waals surface area contributed by atoms with Gasteiger partial charge in [-0.15, -0.1) is 0 Å². The van der Waals surface area contributed by atoms with Crippen LogP contribution in [0.15, 0.2) is 24.3 Å². The Balaban J connectivity index is 1.72. The number of sulfone groups is 1. The molecule has 0 spiro atoms. The number of benzene rings is 1. The number of rotatable bonds is 8. The van der Waals surface area contributed by atoms with Gasteiger partial charge >= 0.3 is 5.97 Å². The Morgan fingerprint density at radius 3 is 2.58 bits per heavy atom. The molecule has 1 aliphatic carbocycles. The van der Waals surface area contributed by atoms with Crippen molar-refractivity contribution in [3.05, 3.63) is 34.9 Å². The zero-order chi connectivity index (χ0) is 22.5. The first-order valence-corrected chi connectivity index (χ1v) is 13.4. The Morgan fingerprint density at radius 2 is 1.97 bits per heavy atom. The van der Waals surface area contributed by atoms with Crippen LogP contribution in [0.3, 0.4) is 0 Å². The largest absolute Gasteiger partial charge is 0.455 e. The summed E-state index contributed by atoms with van der Waals surface area (Å²) in [6.07, 6.45) is 6.34. The van der Waals surface area contributed by atoms with Gasteiger partial charge in [0.15, 0.2) is 16.4 Å². The highest BCUT2D eigenvalue weighted by Crippen LogP contribution is 2.41. The molecule has 2 aliphatic rings. The van der Waals surface area contributed by atoms with Crippen molar-refractivity contribution in [3.63, 3.8) is 0 Å². The number of esters is 1. The van der Waals surface area contributed by atoms with Crippen molar-refractivity contribution in [2.24, 2.45) is 0 Å². The molecule has 1 saturated carbocycles. The summed E-state index contributed by atoms with van der Waals surface area (Å²) in [6, 6.07) is 6.99. The quantitative estimate of drug-likeness (QED) is 0.539. The Labute approximate surface area is 190 Å². The van der Waals surface area contributed by atoms with Crippen molar-refractivity contribution in [2.45, 2.75) is 69.7 Å². The first-order valence-electron chi connectivity index (χ1n) is 11.2. The lowest BCUT2D eigenvalue weighted by Crippen LogP contribution is -2.45. The van der Waals surface area contributed by atoms with Crippen LogP contribution in [0.25, 0.3) is 0 Å². The maximum atomic E-state index is 13.3. The van der Waals surface area contributed by atoms with Crippen LogP contribution in [0.5, 0.6) is 0 Å². The maximum Gasteiger partial charge on any atom is 0.317 e. The molecule has 6 nitrogen and oxygen atoms in total. The second-order valence-electron chi connectivity index (χ2n) is 8.73. The minimum atomic E-state index is -3.11. The Morgan fingerprint density at radius 1 is 1.23 bits per heavy atom. The monoisotopic (exact) mass is 469 g/mol. The number of ether oxygens (including phenoxy) is 1. The number of halogens is 1. The molecule has 0 bridgehead atoms. The molecule has 1 unspecified atom stereocenters. The first kappa shape index (κ1) is 24.1. The molecule has 3 rings (SSSR count). The van der Waals surface area contributed by atoms with Crippen molar-refractivity contribution in [3.8, 4) is 0 Å². The molecule has 1 amide bonds. The van der Waals surface area contributed by atoms with E-state index in [9.17, 15) is 18.0 Å². The van der Waals surface area contributed by atoms with Crippen LogP contribution in [-0.4, -0.2) is 55.9 Å². The SMILES string of the molecule is CCCCN(C(=O)COC(=O)C1(c2cccc(Cl)c2)CCCCC1)C1CCS(=O)(=O)C1. The molecule has 0 aromatic heterocycles. The zero-order valence-electron chi connectivity index (χ0n) is 18.1. The molecule has 1 atom stereocenters. The predicted molar refractivity (Wildman–Crippen MR) is 121 cm³/mol. The third-order valence-electron chi connectivity index (χ3n) is 6.52. The summed E-state index contributed by atoms with van der Waals surface area (Å²) in [7, 11) is -3.11. The van der Waals surface area contributed by atoms with Gasteiger partial charge in [-0.1, -0.05) is 56.3 Å². The maximum absolute atomic E-state index is 13.3. The van der Waals surface area contributed by atoms with Crippen molar-refractivity contribution in [1.29, 1.82) is 0 Å². The van der Waals surface area contributed by atoms with Crippen LogP contribution in [0.4, 0.5) is 0 Å². The van der Waals surface area contributed by atoms with E-state index in [2.05, 4.69) is 0 Å². The van der Waals surface area contributed by atoms with Gasteiger partial charge in [0.2, 0.25) is 0 Å².